The van der Waals surface area contributed by atoms with Crippen LogP contribution in [0, 0.1) is 5.92 Å². The van der Waals surface area contributed by atoms with Gasteiger partial charge in [0.1, 0.15) is 5.75 Å². The van der Waals surface area contributed by atoms with Crippen molar-refractivity contribution in [1.29, 1.82) is 0 Å². The third-order valence-corrected chi connectivity index (χ3v) is 5.24. The van der Waals surface area contributed by atoms with Crippen LogP contribution in [0.1, 0.15) is 26.2 Å². The number of para-hydroxylation sites is 1. The standard InChI is InChI=1S/C19H17N3O3S/c1-12(23)25-15-10-6-5-9-14(15)17-20-19-22(21-17)18(24)16(26-19)11-13-7-3-2-4-8-13/h2-3,5-6,9-11,13H,4,7-8H2,1H3. The highest BCUT2D eigenvalue weighted by Gasteiger charge is 2.17. The maximum absolute atomic E-state index is 12.6. The smallest absolute Gasteiger partial charge is 0.308 e. The Bertz CT molecular complexity index is 1110. The van der Waals surface area contributed by atoms with Gasteiger partial charge in [-0.15, -0.1) is 5.10 Å². The van der Waals surface area contributed by atoms with Crippen LogP contribution in [0.4, 0.5) is 0 Å². The SMILES string of the molecule is CC(=O)Oc1ccccc1-c1nc2sc(=CC3CC=CCC3)c(=O)n2n1. The molecule has 0 amide bonds. The molecule has 3 aromatic rings. The number of nitrogens with zero attached hydrogens (tertiary/aromatic N) is 3. The van der Waals surface area contributed by atoms with Gasteiger partial charge in [0, 0.05) is 6.92 Å². The van der Waals surface area contributed by atoms with Gasteiger partial charge in [0.25, 0.3) is 5.56 Å². The first kappa shape index (κ1) is 16.7. The van der Waals surface area contributed by atoms with E-state index in [9.17, 15) is 9.59 Å². The Morgan fingerprint density at radius 3 is 2.92 bits per heavy atom. The van der Waals surface area contributed by atoms with Gasteiger partial charge < -0.3 is 4.74 Å². The molecule has 7 heteroatoms. The normalized spacial score (nSPS) is 17.7. The lowest BCUT2D eigenvalue weighted by Crippen LogP contribution is -2.25. The molecule has 0 saturated heterocycles. The van der Waals surface area contributed by atoms with Crippen LogP contribution in [-0.4, -0.2) is 20.6 Å². The van der Waals surface area contributed by atoms with Crippen LogP contribution in [0.15, 0.2) is 41.2 Å². The number of aromatic nitrogens is 3. The minimum atomic E-state index is -0.415. The van der Waals surface area contributed by atoms with Gasteiger partial charge in [-0.3, -0.25) is 9.59 Å². The Hall–Kier alpha value is -2.80. The molecule has 1 unspecified atom stereocenters. The minimum Gasteiger partial charge on any atom is -0.426 e. The van der Waals surface area contributed by atoms with E-state index in [1.54, 1.807) is 18.2 Å². The van der Waals surface area contributed by atoms with Crippen LogP contribution < -0.4 is 14.8 Å². The van der Waals surface area contributed by atoms with Crippen molar-refractivity contribution in [1.82, 2.24) is 14.6 Å². The Balaban J connectivity index is 1.74. The van der Waals surface area contributed by atoms with Crippen LogP contribution in [0.25, 0.3) is 22.4 Å². The number of thiazole rings is 1. The van der Waals surface area contributed by atoms with Crippen molar-refractivity contribution in [3.63, 3.8) is 0 Å². The summed E-state index contributed by atoms with van der Waals surface area (Å²) in [4.78, 5) is 28.9. The molecule has 1 aliphatic rings. The maximum atomic E-state index is 12.6. The van der Waals surface area contributed by atoms with Crippen molar-refractivity contribution in [3.8, 4) is 17.1 Å². The lowest BCUT2D eigenvalue weighted by Gasteiger charge is -2.11. The number of esters is 1. The molecule has 4 rings (SSSR count). The van der Waals surface area contributed by atoms with Crippen LogP contribution >= 0.6 is 11.3 Å². The topological polar surface area (TPSA) is 73.6 Å². The van der Waals surface area contributed by atoms with E-state index in [0.717, 1.165) is 19.3 Å². The van der Waals surface area contributed by atoms with Gasteiger partial charge in [-0.2, -0.15) is 9.50 Å². The number of hydrogen-bond acceptors (Lipinski definition) is 6. The Morgan fingerprint density at radius 2 is 2.19 bits per heavy atom. The van der Waals surface area contributed by atoms with E-state index in [4.69, 9.17) is 4.74 Å². The Kier molecular flexibility index (Phi) is 4.38. The zero-order chi connectivity index (χ0) is 18.1. The molecular formula is C19H17N3O3S. The summed E-state index contributed by atoms with van der Waals surface area (Å²) in [5.41, 5.74) is 0.434. The van der Waals surface area contributed by atoms with Crippen molar-refractivity contribution in [2.45, 2.75) is 26.2 Å². The molecule has 0 fully saturated rings. The number of ether oxygens (including phenoxy) is 1. The van der Waals surface area contributed by atoms with Crippen molar-refractivity contribution < 1.29 is 9.53 Å². The monoisotopic (exact) mass is 367 g/mol. The third-order valence-electron chi connectivity index (χ3n) is 4.26. The zero-order valence-corrected chi connectivity index (χ0v) is 15.0. The number of rotatable bonds is 3. The number of benzene rings is 1. The summed E-state index contributed by atoms with van der Waals surface area (Å²) in [6.07, 6.45) is 9.46. The lowest BCUT2D eigenvalue weighted by atomic mass is 9.94. The molecule has 0 aliphatic heterocycles. The molecule has 0 N–H and O–H groups in total. The van der Waals surface area contributed by atoms with E-state index >= 15 is 0 Å². The Morgan fingerprint density at radius 1 is 1.35 bits per heavy atom. The molecule has 0 radical (unpaired) electrons. The first-order valence-electron chi connectivity index (χ1n) is 8.46. The highest BCUT2D eigenvalue weighted by atomic mass is 32.1. The second-order valence-electron chi connectivity index (χ2n) is 6.20. The predicted molar refractivity (Wildman–Crippen MR) is 100 cm³/mol. The molecule has 0 bridgehead atoms. The van der Waals surface area contributed by atoms with Crippen LogP contribution in [0.3, 0.4) is 0 Å². The summed E-state index contributed by atoms with van der Waals surface area (Å²) in [6, 6.07) is 7.03. The van der Waals surface area contributed by atoms with Gasteiger partial charge in [0.15, 0.2) is 5.82 Å². The molecule has 26 heavy (non-hydrogen) atoms. The molecule has 1 aliphatic carbocycles. The van der Waals surface area contributed by atoms with E-state index in [1.165, 1.54) is 22.8 Å². The molecule has 6 nitrogen and oxygen atoms in total. The Labute approximate surface area is 153 Å². The molecule has 1 atom stereocenters. The summed E-state index contributed by atoms with van der Waals surface area (Å²) < 4.78 is 7.22. The lowest BCUT2D eigenvalue weighted by molar-refractivity contribution is -0.131. The fourth-order valence-corrected chi connectivity index (χ4v) is 4.01. The van der Waals surface area contributed by atoms with Crippen LogP contribution in [-0.2, 0) is 4.79 Å². The molecule has 132 valence electrons. The van der Waals surface area contributed by atoms with Gasteiger partial charge in [0.05, 0.1) is 10.1 Å². The minimum absolute atomic E-state index is 0.150. The molecule has 2 heterocycles. The fraction of sp³-hybridized carbons (Fsp3) is 0.263. The number of allylic oxidation sites excluding steroid dienone is 2. The first-order valence-corrected chi connectivity index (χ1v) is 9.27. The average molecular weight is 367 g/mol. The summed E-state index contributed by atoms with van der Waals surface area (Å²) in [6.45, 7) is 1.34. The molecule has 0 saturated carbocycles. The maximum Gasteiger partial charge on any atom is 0.308 e. The van der Waals surface area contributed by atoms with Gasteiger partial charge >= 0.3 is 5.97 Å². The molecular weight excluding hydrogens is 350 g/mol. The van der Waals surface area contributed by atoms with E-state index in [-0.39, 0.29) is 5.56 Å². The quantitative estimate of drug-likeness (QED) is 0.404. The van der Waals surface area contributed by atoms with E-state index in [1.807, 2.05) is 12.1 Å². The highest BCUT2D eigenvalue weighted by Crippen LogP contribution is 2.28. The largest absolute Gasteiger partial charge is 0.426 e. The van der Waals surface area contributed by atoms with Crippen molar-refractivity contribution in [2.75, 3.05) is 0 Å². The summed E-state index contributed by atoms with van der Waals surface area (Å²) >= 11 is 1.34. The summed E-state index contributed by atoms with van der Waals surface area (Å²) in [7, 11) is 0. The molecule has 2 aromatic heterocycles. The second kappa shape index (κ2) is 6.84. The number of hydrogen-bond donors (Lipinski definition) is 0. The molecule has 0 spiro atoms. The van der Waals surface area contributed by atoms with Crippen molar-refractivity contribution in [3.05, 3.63) is 51.3 Å². The third kappa shape index (κ3) is 3.17. The van der Waals surface area contributed by atoms with Gasteiger partial charge in [-0.1, -0.05) is 41.7 Å². The van der Waals surface area contributed by atoms with Crippen LogP contribution in [0.2, 0.25) is 0 Å². The summed E-state index contributed by atoms with van der Waals surface area (Å²) in [5, 5.41) is 4.34. The second-order valence-corrected chi connectivity index (χ2v) is 7.21. The first-order chi connectivity index (χ1) is 12.6. The molecule has 1 aromatic carbocycles. The fourth-order valence-electron chi connectivity index (χ4n) is 3.04. The van der Waals surface area contributed by atoms with E-state index in [2.05, 4.69) is 22.2 Å². The van der Waals surface area contributed by atoms with E-state index < -0.39 is 5.97 Å². The zero-order valence-electron chi connectivity index (χ0n) is 14.2. The van der Waals surface area contributed by atoms with Crippen LogP contribution in [0.5, 0.6) is 5.75 Å². The van der Waals surface area contributed by atoms with E-state index in [0.29, 0.717) is 32.5 Å². The predicted octanol–water partition coefficient (Wildman–Crippen LogP) is 2.60. The van der Waals surface area contributed by atoms with Crippen molar-refractivity contribution >= 4 is 28.3 Å². The average Bonchev–Trinajstić information content (AvgIpc) is 3.16. The van der Waals surface area contributed by atoms with Gasteiger partial charge in [-0.25, -0.2) is 0 Å². The summed E-state index contributed by atoms with van der Waals surface area (Å²) in [5.74, 6) is 0.727. The van der Waals surface area contributed by atoms with Crippen molar-refractivity contribution in [2.24, 2.45) is 5.92 Å². The highest BCUT2D eigenvalue weighted by molar-refractivity contribution is 7.15. The number of fused-ring (bicyclic) bond motifs is 1. The van der Waals surface area contributed by atoms with Gasteiger partial charge in [0.2, 0.25) is 4.96 Å². The number of carbonyl (C=O) groups is 1. The number of carbonyl (C=O) groups excluding carboxylic acids is 1. The van der Waals surface area contributed by atoms with Gasteiger partial charge in [-0.05, 0) is 37.3 Å².